The van der Waals surface area contributed by atoms with Gasteiger partial charge in [-0.25, -0.2) is 4.79 Å². The first-order valence-corrected chi connectivity index (χ1v) is 11.7. The van der Waals surface area contributed by atoms with Crippen LogP contribution in [0.4, 0.5) is 4.79 Å². The number of hydrogen-bond donors (Lipinski definition) is 1. The summed E-state index contributed by atoms with van der Waals surface area (Å²) < 4.78 is 17.8. The van der Waals surface area contributed by atoms with Crippen molar-refractivity contribution in [2.45, 2.75) is 26.4 Å². The lowest BCUT2D eigenvalue weighted by molar-refractivity contribution is 0.0705. The summed E-state index contributed by atoms with van der Waals surface area (Å²) in [4.78, 5) is 29.8. The van der Waals surface area contributed by atoms with Gasteiger partial charge in [-0.05, 0) is 38.1 Å². The minimum absolute atomic E-state index is 0.0769. The van der Waals surface area contributed by atoms with E-state index in [0.717, 1.165) is 5.56 Å². The molecule has 1 aliphatic rings. The van der Waals surface area contributed by atoms with E-state index in [1.54, 1.807) is 48.8 Å². The van der Waals surface area contributed by atoms with Crippen LogP contribution < -0.4 is 10.3 Å². The maximum absolute atomic E-state index is 13.9. The Morgan fingerprint density at radius 1 is 1.14 bits per heavy atom. The molecule has 1 saturated heterocycles. The molecular weight excluding hydrogens is 450 g/mol. The van der Waals surface area contributed by atoms with Gasteiger partial charge in [0.2, 0.25) is 0 Å². The molecule has 9 nitrogen and oxygen atoms in total. The molecule has 0 aliphatic carbocycles. The third-order valence-electron chi connectivity index (χ3n) is 6.33. The number of methoxy groups -OCH3 is 1. The Morgan fingerprint density at radius 2 is 1.89 bits per heavy atom. The SMILES string of the molecule is CCOC(=O)N1CCN(C(c2ccccc2OC)c2c(O)cc(C)n(Cc3ccco3)c2=O)CC1. The van der Waals surface area contributed by atoms with Gasteiger partial charge in [-0.3, -0.25) is 9.69 Å². The highest BCUT2D eigenvalue weighted by atomic mass is 16.6. The molecule has 1 aliphatic heterocycles. The monoisotopic (exact) mass is 481 g/mol. The number of carbonyl (C=O) groups excluding carboxylic acids is 1. The number of furan rings is 1. The smallest absolute Gasteiger partial charge is 0.409 e. The van der Waals surface area contributed by atoms with Crippen LogP contribution in [0.5, 0.6) is 11.5 Å². The van der Waals surface area contributed by atoms with Gasteiger partial charge in [0.25, 0.3) is 5.56 Å². The molecule has 4 rings (SSSR count). The number of pyridine rings is 1. The summed E-state index contributed by atoms with van der Waals surface area (Å²) in [5.74, 6) is 1.18. The van der Waals surface area contributed by atoms with Crippen LogP contribution in [0.15, 0.2) is 57.9 Å². The van der Waals surface area contributed by atoms with Crippen molar-refractivity contribution in [1.82, 2.24) is 14.4 Å². The molecule has 0 radical (unpaired) electrons. The van der Waals surface area contributed by atoms with Crippen LogP contribution in [0.3, 0.4) is 0 Å². The predicted octanol–water partition coefficient (Wildman–Crippen LogP) is 3.38. The third-order valence-corrected chi connectivity index (χ3v) is 6.33. The van der Waals surface area contributed by atoms with Gasteiger partial charge in [0.05, 0.1) is 38.1 Å². The molecular formula is C26H31N3O6. The molecule has 1 aromatic carbocycles. The molecule has 0 saturated carbocycles. The highest BCUT2D eigenvalue weighted by Crippen LogP contribution is 2.37. The average Bonchev–Trinajstić information content (AvgIpc) is 3.38. The van der Waals surface area contributed by atoms with Crippen molar-refractivity contribution in [3.8, 4) is 11.5 Å². The van der Waals surface area contributed by atoms with Gasteiger partial charge in [-0.15, -0.1) is 0 Å². The van der Waals surface area contributed by atoms with Crippen molar-refractivity contribution >= 4 is 6.09 Å². The molecule has 1 amide bonds. The lowest BCUT2D eigenvalue weighted by Crippen LogP contribution is -2.50. The summed E-state index contributed by atoms with van der Waals surface area (Å²) in [6.45, 7) is 5.99. The molecule has 35 heavy (non-hydrogen) atoms. The Morgan fingerprint density at radius 3 is 2.54 bits per heavy atom. The second-order valence-corrected chi connectivity index (χ2v) is 8.42. The Labute approximate surface area is 204 Å². The summed E-state index contributed by atoms with van der Waals surface area (Å²) in [5, 5.41) is 11.1. The van der Waals surface area contributed by atoms with E-state index in [4.69, 9.17) is 13.9 Å². The first kappa shape index (κ1) is 24.4. The summed E-state index contributed by atoms with van der Waals surface area (Å²) in [6.07, 6.45) is 1.22. The summed E-state index contributed by atoms with van der Waals surface area (Å²) in [7, 11) is 1.58. The standard InChI is InChI=1S/C26H31N3O6/c1-4-34-26(32)28-13-11-27(12-14-28)24(20-9-5-6-10-22(20)33-3)23-21(30)16-18(2)29(25(23)31)17-19-8-7-15-35-19/h5-10,15-16,24,30H,4,11-14,17H2,1-3H3. The molecule has 186 valence electrons. The van der Waals surface area contributed by atoms with Gasteiger partial charge in [-0.2, -0.15) is 0 Å². The molecule has 1 N–H and O–H groups in total. The van der Waals surface area contributed by atoms with E-state index >= 15 is 0 Å². The van der Waals surface area contributed by atoms with Gasteiger partial charge >= 0.3 is 6.09 Å². The summed E-state index contributed by atoms with van der Waals surface area (Å²) in [5.41, 5.74) is 1.35. The summed E-state index contributed by atoms with van der Waals surface area (Å²) in [6, 6.07) is 12.1. The average molecular weight is 482 g/mol. The van der Waals surface area contributed by atoms with Gasteiger partial charge in [0.1, 0.15) is 17.3 Å². The quantitative estimate of drug-likeness (QED) is 0.553. The van der Waals surface area contributed by atoms with Crippen LogP contribution in [0.1, 0.15) is 35.5 Å². The van der Waals surface area contributed by atoms with Crippen LogP contribution in [-0.2, 0) is 11.3 Å². The minimum atomic E-state index is -0.577. The van der Waals surface area contributed by atoms with E-state index < -0.39 is 6.04 Å². The highest BCUT2D eigenvalue weighted by molar-refractivity contribution is 5.67. The maximum Gasteiger partial charge on any atom is 0.409 e. The van der Waals surface area contributed by atoms with E-state index in [0.29, 0.717) is 50.0 Å². The molecule has 2 aromatic heterocycles. The van der Waals surface area contributed by atoms with E-state index in [1.807, 2.05) is 30.3 Å². The zero-order valence-corrected chi connectivity index (χ0v) is 20.3. The topological polar surface area (TPSA) is 97.4 Å². The number of piperazine rings is 1. The number of nitrogens with zero attached hydrogens (tertiary/aromatic N) is 3. The Balaban J connectivity index is 1.78. The highest BCUT2D eigenvalue weighted by Gasteiger charge is 2.34. The van der Waals surface area contributed by atoms with Crippen molar-refractivity contribution < 1.29 is 23.8 Å². The second-order valence-electron chi connectivity index (χ2n) is 8.42. The number of rotatable bonds is 7. The lowest BCUT2D eigenvalue weighted by Gasteiger charge is -2.39. The van der Waals surface area contributed by atoms with Crippen LogP contribution >= 0.6 is 0 Å². The Bertz CT molecular complexity index is 1210. The van der Waals surface area contributed by atoms with E-state index in [-0.39, 0.29) is 29.5 Å². The summed E-state index contributed by atoms with van der Waals surface area (Å²) >= 11 is 0. The Hall–Kier alpha value is -3.72. The van der Waals surface area contributed by atoms with Crippen LogP contribution in [0.25, 0.3) is 0 Å². The number of benzene rings is 1. The number of para-hydroxylation sites is 1. The van der Waals surface area contributed by atoms with E-state index in [2.05, 4.69) is 4.90 Å². The predicted molar refractivity (Wildman–Crippen MR) is 130 cm³/mol. The zero-order chi connectivity index (χ0) is 24.9. The molecule has 3 aromatic rings. The van der Waals surface area contributed by atoms with Crippen molar-refractivity contribution in [2.24, 2.45) is 0 Å². The van der Waals surface area contributed by atoms with Crippen molar-refractivity contribution in [2.75, 3.05) is 39.9 Å². The van der Waals surface area contributed by atoms with Crippen molar-refractivity contribution in [1.29, 1.82) is 0 Å². The molecule has 3 heterocycles. The normalized spacial score (nSPS) is 15.1. The number of hydrogen-bond acceptors (Lipinski definition) is 7. The first-order valence-electron chi connectivity index (χ1n) is 11.7. The number of amides is 1. The Kier molecular flexibility index (Phi) is 7.45. The molecule has 9 heteroatoms. The second kappa shape index (κ2) is 10.7. The zero-order valence-electron chi connectivity index (χ0n) is 20.3. The fourth-order valence-electron chi connectivity index (χ4n) is 4.59. The number of carbonyl (C=O) groups is 1. The lowest BCUT2D eigenvalue weighted by atomic mass is 9.95. The molecule has 1 unspecified atom stereocenters. The van der Waals surface area contributed by atoms with Crippen molar-refractivity contribution in [3.63, 3.8) is 0 Å². The van der Waals surface area contributed by atoms with Crippen molar-refractivity contribution in [3.05, 3.63) is 81.7 Å². The maximum atomic E-state index is 13.9. The van der Waals surface area contributed by atoms with E-state index in [9.17, 15) is 14.7 Å². The van der Waals surface area contributed by atoms with Gasteiger partial charge in [0.15, 0.2) is 0 Å². The molecule has 1 fully saturated rings. The van der Waals surface area contributed by atoms with Crippen LogP contribution in [0.2, 0.25) is 0 Å². The van der Waals surface area contributed by atoms with Crippen LogP contribution in [0, 0.1) is 6.92 Å². The van der Waals surface area contributed by atoms with Gasteiger partial charge in [0, 0.05) is 37.4 Å². The van der Waals surface area contributed by atoms with Crippen LogP contribution in [-0.4, -0.2) is 65.5 Å². The van der Waals surface area contributed by atoms with Gasteiger partial charge < -0.3 is 28.5 Å². The molecule has 1 atom stereocenters. The number of aryl methyl sites for hydroxylation is 1. The molecule has 0 bridgehead atoms. The fourth-order valence-corrected chi connectivity index (χ4v) is 4.59. The number of ether oxygens (including phenoxy) is 2. The first-order chi connectivity index (χ1) is 16.9. The molecule has 0 spiro atoms. The third kappa shape index (κ3) is 5.05. The largest absolute Gasteiger partial charge is 0.507 e. The number of aromatic hydroxyl groups is 1. The van der Waals surface area contributed by atoms with E-state index in [1.165, 1.54) is 0 Å². The fraction of sp³-hybridized carbons (Fsp3) is 0.385. The van der Waals surface area contributed by atoms with Gasteiger partial charge in [-0.1, -0.05) is 18.2 Å². The minimum Gasteiger partial charge on any atom is -0.507 e. The number of aromatic nitrogens is 1.